The summed E-state index contributed by atoms with van der Waals surface area (Å²) in [5.41, 5.74) is 2.89. The highest BCUT2D eigenvalue weighted by Gasteiger charge is 2.16. The highest BCUT2D eigenvalue weighted by atomic mass is 19.1. The van der Waals surface area contributed by atoms with Crippen molar-refractivity contribution in [2.75, 3.05) is 0 Å². The highest BCUT2D eigenvalue weighted by Crippen LogP contribution is 2.33. The first-order chi connectivity index (χ1) is 8.22. The van der Waals surface area contributed by atoms with E-state index in [1.807, 2.05) is 12.1 Å². The van der Waals surface area contributed by atoms with E-state index >= 15 is 0 Å². The molecule has 1 unspecified atom stereocenters. The molecule has 0 N–H and O–H groups in total. The van der Waals surface area contributed by atoms with Crippen molar-refractivity contribution in [1.29, 1.82) is 5.26 Å². The van der Waals surface area contributed by atoms with E-state index in [0.717, 1.165) is 31.2 Å². The van der Waals surface area contributed by atoms with Crippen LogP contribution in [0.25, 0.3) is 0 Å². The van der Waals surface area contributed by atoms with Crippen molar-refractivity contribution >= 4 is 0 Å². The van der Waals surface area contributed by atoms with Crippen LogP contribution in [-0.2, 0) is 0 Å². The summed E-state index contributed by atoms with van der Waals surface area (Å²) in [5.74, 6) is 0.0671. The summed E-state index contributed by atoms with van der Waals surface area (Å²) in [5, 5.41) is 8.84. The van der Waals surface area contributed by atoms with E-state index in [0.29, 0.717) is 11.5 Å². The second kappa shape index (κ2) is 5.14. The first kappa shape index (κ1) is 11.9. The zero-order valence-electron chi connectivity index (χ0n) is 10.0. The van der Waals surface area contributed by atoms with Crippen LogP contribution in [0.2, 0.25) is 0 Å². The molecule has 2 heteroatoms. The molecular weight excluding hydrogens is 213 g/mol. The molecule has 17 heavy (non-hydrogen) atoms. The average Bonchev–Trinajstić information content (AvgIpc) is 2.38. The Morgan fingerprint density at radius 1 is 1.41 bits per heavy atom. The van der Waals surface area contributed by atoms with E-state index < -0.39 is 0 Å². The summed E-state index contributed by atoms with van der Waals surface area (Å²) in [6.45, 7) is 2.17. The van der Waals surface area contributed by atoms with Crippen LogP contribution in [0.3, 0.4) is 0 Å². The molecule has 0 aliphatic heterocycles. The van der Waals surface area contributed by atoms with Crippen molar-refractivity contribution in [3.05, 3.63) is 46.8 Å². The number of allylic oxidation sites excluding steroid dienone is 2. The lowest BCUT2D eigenvalue weighted by Crippen LogP contribution is -2.05. The molecule has 0 saturated carbocycles. The average molecular weight is 229 g/mol. The maximum atomic E-state index is 13.3. The van der Waals surface area contributed by atoms with Gasteiger partial charge in [0.25, 0.3) is 0 Å². The van der Waals surface area contributed by atoms with Crippen LogP contribution in [-0.4, -0.2) is 0 Å². The van der Waals surface area contributed by atoms with Gasteiger partial charge < -0.3 is 0 Å². The molecule has 0 aromatic heterocycles. The molecule has 1 aromatic carbocycles. The first-order valence-electron chi connectivity index (χ1n) is 6.11. The fourth-order valence-corrected chi connectivity index (χ4v) is 2.42. The highest BCUT2D eigenvalue weighted by molar-refractivity contribution is 5.36. The van der Waals surface area contributed by atoms with E-state index in [2.05, 4.69) is 13.0 Å². The van der Waals surface area contributed by atoms with E-state index in [1.165, 1.54) is 11.6 Å². The molecule has 0 radical (unpaired) electrons. The van der Waals surface area contributed by atoms with Crippen molar-refractivity contribution in [3.8, 4) is 6.07 Å². The summed E-state index contributed by atoms with van der Waals surface area (Å²) in [6, 6.07) is 6.69. The van der Waals surface area contributed by atoms with Gasteiger partial charge in [-0.25, -0.2) is 4.39 Å². The van der Waals surface area contributed by atoms with Gasteiger partial charge in [0.1, 0.15) is 5.82 Å². The molecule has 1 aliphatic rings. The van der Waals surface area contributed by atoms with Crippen LogP contribution in [0.5, 0.6) is 0 Å². The Kier molecular flexibility index (Phi) is 3.58. The predicted octanol–water partition coefficient (Wildman–Crippen LogP) is 4.30. The summed E-state index contributed by atoms with van der Waals surface area (Å²) in [7, 11) is 0. The van der Waals surface area contributed by atoms with Crippen LogP contribution in [0.15, 0.2) is 29.8 Å². The van der Waals surface area contributed by atoms with E-state index in [9.17, 15) is 4.39 Å². The Hall–Kier alpha value is -1.62. The van der Waals surface area contributed by atoms with Crippen molar-refractivity contribution < 1.29 is 4.39 Å². The SMILES string of the molecule is CCC1=CCC(c2cc(F)cc(C#N)c2)CC1. The monoisotopic (exact) mass is 229 g/mol. The standard InChI is InChI=1S/C15H16FN/c1-2-11-3-5-13(6-4-11)14-7-12(10-17)8-15(16)9-14/h3,7-9,13H,2,4-6H2,1H3. The van der Waals surface area contributed by atoms with Gasteiger partial charge in [-0.05, 0) is 55.4 Å². The number of benzene rings is 1. The number of rotatable bonds is 2. The third kappa shape index (κ3) is 2.74. The number of hydrogen-bond acceptors (Lipinski definition) is 1. The number of nitrogens with zero attached hydrogens (tertiary/aromatic N) is 1. The lowest BCUT2D eigenvalue weighted by Gasteiger charge is -2.22. The van der Waals surface area contributed by atoms with Crippen LogP contribution in [0.4, 0.5) is 4.39 Å². The lowest BCUT2D eigenvalue weighted by molar-refractivity contribution is 0.577. The summed E-state index contributed by atoms with van der Waals surface area (Å²) in [4.78, 5) is 0. The molecule has 88 valence electrons. The molecular formula is C15H16FN. The number of hydrogen-bond donors (Lipinski definition) is 0. The van der Waals surface area contributed by atoms with Crippen molar-refractivity contribution in [1.82, 2.24) is 0 Å². The largest absolute Gasteiger partial charge is 0.207 e. The zero-order chi connectivity index (χ0) is 12.3. The van der Waals surface area contributed by atoms with Crippen molar-refractivity contribution in [2.45, 2.75) is 38.5 Å². The molecule has 0 amide bonds. The molecule has 1 atom stereocenters. The summed E-state index contributed by atoms with van der Waals surface area (Å²) < 4.78 is 13.3. The van der Waals surface area contributed by atoms with Gasteiger partial charge in [-0.2, -0.15) is 5.26 Å². The lowest BCUT2D eigenvalue weighted by atomic mass is 9.83. The molecule has 1 aromatic rings. The second-order valence-electron chi connectivity index (χ2n) is 4.57. The number of halogens is 1. The third-order valence-electron chi connectivity index (χ3n) is 3.48. The van der Waals surface area contributed by atoms with Gasteiger partial charge in [0, 0.05) is 0 Å². The van der Waals surface area contributed by atoms with E-state index in [4.69, 9.17) is 5.26 Å². The van der Waals surface area contributed by atoms with Crippen LogP contribution in [0.1, 0.15) is 49.7 Å². The molecule has 0 saturated heterocycles. The Labute approximate surface area is 102 Å². The zero-order valence-corrected chi connectivity index (χ0v) is 10.0. The Morgan fingerprint density at radius 2 is 2.24 bits per heavy atom. The van der Waals surface area contributed by atoms with Crippen LogP contribution >= 0.6 is 0 Å². The second-order valence-corrected chi connectivity index (χ2v) is 4.57. The van der Waals surface area contributed by atoms with Gasteiger partial charge in [0.15, 0.2) is 0 Å². The van der Waals surface area contributed by atoms with Gasteiger partial charge in [-0.3, -0.25) is 0 Å². The fraction of sp³-hybridized carbons (Fsp3) is 0.400. The maximum absolute atomic E-state index is 13.3. The Balaban J connectivity index is 2.22. The summed E-state index contributed by atoms with van der Waals surface area (Å²) in [6.07, 6.45) is 6.51. The molecule has 0 heterocycles. The van der Waals surface area contributed by atoms with Gasteiger partial charge in [-0.15, -0.1) is 0 Å². The van der Waals surface area contributed by atoms with Gasteiger partial charge >= 0.3 is 0 Å². The minimum atomic E-state index is -0.302. The van der Waals surface area contributed by atoms with Crippen molar-refractivity contribution in [3.63, 3.8) is 0 Å². The Bertz CT molecular complexity index is 482. The summed E-state index contributed by atoms with van der Waals surface area (Å²) >= 11 is 0. The predicted molar refractivity (Wildman–Crippen MR) is 66.1 cm³/mol. The normalized spacial score (nSPS) is 19.6. The quantitative estimate of drug-likeness (QED) is 0.693. The van der Waals surface area contributed by atoms with Gasteiger partial charge in [-0.1, -0.05) is 18.6 Å². The molecule has 2 rings (SSSR count). The fourth-order valence-electron chi connectivity index (χ4n) is 2.42. The first-order valence-corrected chi connectivity index (χ1v) is 6.11. The molecule has 1 aliphatic carbocycles. The maximum Gasteiger partial charge on any atom is 0.124 e. The topological polar surface area (TPSA) is 23.8 Å². The molecule has 0 spiro atoms. The van der Waals surface area contributed by atoms with Crippen molar-refractivity contribution in [2.24, 2.45) is 0 Å². The molecule has 0 fully saturated rings. The molecule has 1 nitrogen and oxygen atoms in total. The number of nitriles is 1. The smallest absolute Gasteiger partial charge is 0.124 e. The van der Waals surface area contributed by atoms with Gasteiger partial charge in [0.2, 0.25) is 0 Å². The minimum absolute atomic E-state index is 0.302. The van der Waals surface area contributed by atoms with E-state index in [-0.39, 0.29) is 5.82 Å². The van der Waals surface area contributed by atoms with Crippen LogP contribution < -0.4 is 0 Å². The Morgan fingerprint density at radius 3 is 2.82 bits per heavy atom. The van der Waals surface area contributed by atoms with Crippen LogP contribution in [0, 0.1) is 17.1 Å². The minimum Gasteiger partial charge on any atom is -0.207 e. The third-order valence-corrected chi connectivity index (χ3v) is 3.48. The van der Waals surface area contributed by atoms with Gasteiger partial charge in [0.05, 0.1) is 11.6 Å². The molecule has 0 bridgehead atoms. The van der Waals surface area contributed by atoms with E-state index in [1.54, 1.807) is 6.07 Å².